The summed E-state index contributed by atoms with van der Waals surface area (Å²) >= 11 is 6.12. The number of carbonyl (C=O) groups is 1. The van der Waals surface area contributed by atoms with Crippen molar-refractivity contribution < 1.29 is 9.53 Å². The molecule has 0 bridgehead atoms. The van der Waals surface area contributed by atoms with Crippen molar-refractivity contribution in [1.82, 2.24) is 10.3 Å². The minimum Gasteiger partial charge on any atom is -0.494 e. The maximum Gasteiger partial charge on any atom is 0.251 e. The number of anilines is 2. The van der Waals surface area contributed by atoms with Crippen LogP contribution >= 0.6 is 11.6 Å². The summed E-state index contributed by atoms with van der Waals surface area (Å²) in [4.78, 5) is 16.7. The quantitative estimate of drug-likeness (QED) is 0.616. The van der Waals surface area contributed by atoms with Gasteiger partial charge in [0.15, 0.2) is 0 Å². The highest BCUT2D eigenvalue weighted by Gasteiger charge is 2.08. The Bertz CT molecular complexity index is 913. The molecule has 138 valence electrons. The Labute approximate surface area is 163 Å². The van der Waals surface area contributed by atoms with E-state index in [2.05, 4.69) is 15.6 Å². The molecular weight excluding hydrogens is 362 g/mol. The lowest BCUT2D eigenvalue weighted by Gasteiger charge is -2.10. The molecule has 1 amide bonds. The first-order valence-electron chi connectivity index (χ1n) is 8.63. The van der Waals surface area contributed by atoms with Gasteiger partial charge >= 0.3 is 0 Å². The first kappa shape index (κ1) is 18.7. The Morgan fingerprint density at radius 3 is 2.63 bits per heavy atom. The second kappa shape index (κ2) is 9.05. The van der Waals surface area contributed by atoms with Gasteiger partial charge in [-0.05, 0) is 55.0 Å². The van der Waals surface area contributed by atoms with Crippen LogP contribution in [0.25, 0.3) is 0 Å². The van der Waals surface area contributed by atoms with Gasteiger partial charge in [-0.3, -0.25) is 4.79 Å². The zero-order valence-corrected chi connectivity index (χ0v) is 15.7. The zero-order chi connectivity index (χ0) is 19.1. The first-order valence-corrected chi connectivity index (χ1v) is 9.01. The van der Waals surface area contributed by atoms with Crippen molar-refractivity contribution >= 4 is 29.0 Å². The Balaban J connectivity index is 1.64. The monoisotopic (exact) mass is 381 g/mol. The third-order valence-corrected chi connectivity index (χ3v) is 4.23. The Kier molecular flexibility index (Phi) is 6.28. The van der Waals surface area contributed by atoms with Crippen LogP contribution in [0.4, 0.5) is 11.5 Å². The minimum atomic E-state index is -0.188. The van der Waals surface area contributed by atoms with Crippen molar-refractivity contribution in [3.8, 4) is 5.75 Å². The largest absolute Gasteiger partial charge is 0.494 e. The van der Waals surface area contributed by atoms with Crippen molar-refractivity contribution in [2.45, 2.75) is 13.5 Å². The molecule has 3 aromatic rings. The van der Waals surface area contributed by atoms with Gasteiger partial charge in [-0.1, -0.05) is 29.8 Å². The van der Waals surface area contributed by atoms with Crippen molar-refractivity contribution in [3.05, 3.63) is 83.0 Å². The van der Waals surface area contributed by atoms with Crippen LogP contribution in [-0.4, -0.2) is 17.5 Å². The van der Waals surface area contributed by atoms with E-state index < -0.39 is 0 Å². The highest BCUT2D eigenvalue weighted by atomic mass is 35.5. The van der Waals surface area contributed by atoms with Gasteiger partial charge in [-0.25, -0.2) is 4.98 Å². The summed E-state index contributed by atoms with van der Waals surface area (Å²) in [6, 6.07) is 18.4. The molecule has 0 aliphatic rings. The maximum atomic E-state index is 12.4. The van der Waals surface area contributed by atoms with Crippen molar-refractivity contribution in [1.29, 1.82) is 0 Å². The number of rotatable bonds is 7. The number of benzene rings is 2. The lowest BCUT2D eigenvalue weighted by molar-refractivity contribution is 0.0951. The number of hydrogen-bond donors (Lipinski definition) is 2. The number of nitrogens with one attached hydrogen (secondary N) is 2. The average Bonchev–Trinajstić information content (AvgIpc) is 2.69. The molecule has 27 heavy (non-hydrogen) atoms. The van der Waals surface area contributed by atoms with Crippen LogP contribution in [0.5, 0.6) is 5.75 Å². The highest BCUT2D eigenvalue weighted by molar-refractivity contribution is 6.31. The van der Waals surface area contributed by atoms with Crippen LogP contribution in [0.1, 0.15) is 22.8 Å². The van der Waals surface area contributed by atoms with E-state index in [1.165, 1.54) is 0 Å². The molecule has 0 fully saturated rings. The molecule has 0 unspecified atom stereocenters. The number of hydrogen-bond acceptors (Lipinski definition) is 4. The van der Waals surface area contributed by atoms with E-state index in [1.807, 2.05) is 49.4 Å². The smallest absolute Gasteiger partial charge is 0.251 e. The van der Waals surface area contributed by atoms with Gasteiger partial charge in [-0.15, -0.1) is 0 Å². The highest BCUT2D eigenvalue weighted by Crippen LogP contribution is 2.20. The van der Waals surface area contributed by atoms with E-state index >= 15 is 0 Å². The topological polar surface area (TPSA) is 63.2 Å². The van der Waals surface area contributed by atoms with E-state index in [4.69, 9.17) is 16.3 Å². The third kappa shape index (κ3) is 5.21. The number of halogens is 1. The SMILES string of the molecule is CCOc1ccc(Nc2cc(C(=O)NCc3ccccc3Cl)ccn2)cc1. The molecular formula is C21H20ClN3O2. The van der Waals surface area contributed by atoms with Crippen LogP contribution in [-0.2, 0) is 6.54 Å². The molecule has 0 radical (unpaired) electrons. The lowest BCUT2D eigenvalue weighted by Crippen LogP contribution is -2.23. The zero-order valence-electron chi connectivity index (χ0n) is 14.9. The molecule has 1 aromatic heterocycles. The van der Waals surface area contributed by atoms with Crippen LogP contribution < -0.4 is 15.4 Å². The van der Waals surface area contributed by atoms with E-state index in [0.717, 1.165) is 17.0 Å². The van der Waals surface area contributed by atoms with Crippen molar-refractivity contribution in [2.75, 3.05) is 11.9 Å². The number of carbonyl (C=O) groups excluding carboxylic acids is 1. The molecule has 0 saturated carbocycles. The molecule has 0 spiro atoms. The molecule has 3 rings (SSSR count). The molecule has 5 nitrogen and oxygen atoms in total. The van der Waals surface area contributed by atoms with Gasteiger partial charge in [0.25, 0.3) is 5.91 Å². The lowest BCUT2D eigenvalue weighted by atomic mass is 10.2. The van der Waals surface area contributed by atoms with E-state index in [1.54, 1.807) is 24.4 Å². The number of pyridine rings is 1. The number of amides is 1. The Morgan fingerprint density at radius 1 is 1.11 bits per heavy atom. The fourth-order valence-corrected chi connectivity index (χ4v) is 2.71. The van der Waals surface area contributed by atoms with Gasteiger partial charge in [0.1, 0.15) is 11.6 Å². The van der Waals surface area contributed by atoms with E-state index in [-0.39, 0.29) is 5.91 Å². The molecule has 0 atom stereocenters. The third-order valence-electron chi connectivity index (χ3n) is 3.86. The minimum absolute atomic E-state index is 0.188. The normalized spacial score (nSPS) is 10.3. The molecule has 0 aliphatic carbocycles. The van der Waals surface area contributed by atoms with Crippen LogP contribution in [0.15, 0.2) is 66.9 Å². The van der Waals surface area contributed by atoms with Gasteiger partial charge in [-0.2, -0.15) is 0 Å². The maximum absolute atomic E-state index is 12.4. The summed E-state index contributed by atoms with van der Waals surface area (Å²) in [6.45, 7) is 2.93. The summed E-state index contributed by atoms with van der Waals surface area (Å²) in [5.74, 6) is 1.21. The number of ether oxygens (including phenoxy) is 1. The van der Waals surface area contributed by atoms with Crippen molar-refractivity contribution in [3.63, 3.8) is 0 Å². The van der Waals surface area contributed by atoms with Crippen molar-refractivity contribution in [2.24, 2.45) is 0 Å². The van der Waals surface area contributed by atoms with Crippen LogP contribution in [0.2, 0.25) is 5.02 Å². The van der Waals surface area contributed by atoms with Crippen LogP contribution in [0.3, 0.4) is 0 Å². The van der Waals surface area contributed by atoms with Gasteiger partial charge in [0.05, 0.1) is 6.61 Å². The molecule has 2 N–H and O–H groups in total. The fraction of sp³-hybridized carbons (Fsp3) is 0.143. The second-order valence-electron chi connectivity index (χ2n) is 5.79. The predicted octanol–water partition coefficient (Wildman–Crippen LogP) is 4.81. The summed E-state index contributed by atoms with van der Waals surface area (Å²) in [5, 5.41) is 6.69. The Hall–Kier alpha value is -3.05. The summed E-state index contributed by atoms with van der Waals surface area (Å²) < 4.78 is 5.43. The van der Waals surface area contributed by atoms with E-state index in [9.17, 15) is 4.79 Å². The summed E-state index contributed by atoms with van der Waals surface area (Å²) in [7, 11) is 0. The molecule has 0 saturated heterocycles. The fourth-order valence-electron chi connectivity index (χ4n) is 2.51. The summed E-state index contributed by atoms with van der Waals surface area (Å²) in [6.07, 6.45) is 1.60. The average molecular weight is 382 g/mol. The second-order valence-corrected chi connectivity index (χ2v) is 6.19. The Morgan fingerprint density at radius 2 is 1.89 bits per heavy atom. The molecule has 0 aliphatic heterocycles. The van der Waals surface area contributed by atoms with Gasteiger partial charge in [0, 0.05) is 29.0 Å². The summed E-state index contributed by atoms with van der Waals surface area (Å²) in [5.41, 5.74) is 2.25. The standard InChI is InChI=1S/C21H20ClN3O2/c1-2-27-18-9-7-17(8-10-18)25-20-13-15(11-12-23-20)21(26)24-14-16-5-3-4-6-19(16)22/h3-13H,2,14H2,1H3,(H,23,25)(H,24,26). The first-order chi connectivity index (χ1) is 13.2. The molecule has 1 heterocycles. The molecule has 2 aromatic carbocycles. The van der Waals surface area contributed by atoms with Gasteiger partial charge < -0.3 is 15.4 Å². The number of aromatic nitrogens is 1. The predicted molar refractivity (Wildman–Crippen MR) is 108 cm³/mol. The van der Waals surface area contributed by atoms with E-state index in [0.29, 0.717) is 29.6 Å². The van der Waals surface area contributed by atoms with Crippen LogP contribution in [0, 0.1) is 0 Å². The molecule has 6 heteroatoms. The van der Waals surface area contributed by atoms with Gasteiger partial charge in [0.2, 0.25) is 0 Å². The number of nitrogens with zero attached hydrogens (tertiary/aromatic N) is 1.